The quantitative estimate of drug-likeness (QED) is 0.264. The number of nitrogens with zero attached hydrogens (tertiary/aromatic N) is 5. The Hall–Kier alpha value is -4.09. The summed E-state index contributed by atoms with van der Waals surface area (Å²) in [6.07, 6.45) is 0.475. The molecule has 1 N–H and O–H groups in total. The Morgan fingerprint density at radius 3 is 2.38 bits per heavy atom. The minimum absolute atomic E-state index is 0.0105. The third-order valence-corrected chi connectivity index (χ3v) is 10.2. The molecule has 2 fully saturated rings. The summed E-state index contributed by atoms with van der Waals surface area (Å²) in [7, 11) is 1.90. The normalized spacial score (nSPS) is 21.8. The highest BCUT2D eigenvalue weighted by Crippen LogP contribution is 2.53. The third kappa shape index (κ3) is 6.02. The molecule has 0 radical (unpaired) electrons. The molecule has 1 aromatic heterocycles. The molecule has 0 spiro atoms. The second-order valence-corrected chi connectivity index (χ2v) is 15.1. The first kappa shape index (κ1) is 33.8. The fourth-order valence-corrected chi connectivity index (χ4v) is 7.57. The van der Waals surface area contributed by atoms with E-state index in [9.17, 15) is 22.8 Å². The van der Waals surface area contributed by atoms with Crippen LogP contribution in [-0.4, -0.2) is 49.3 Å². The van der Waals surface area contributed by atoms with Crippen LogP contribution in [0.2, 0.25) is 0 Å². The minimum atomic E-state index is -4.71. The van der Waals surface area contributed by atoms with Crippen LogP contribution in [0.25, 0.3) is 0 Å². The number of ether oxygens (including phenoxy) is 1. The summed E-state index contributed by atoms with van der Waals surface area (Å²) in [5, 5.41) is 11.9. The first-order chi connectivity index (χ1) is 22.4. The van der Waals surface area contributed by atoms with E-state index < -0.39 is 40.3 Å². The molecule has 0 saturated heterocycles. The van der Waals surface area contributed by atoms with Crippen molar-refractivity contribution >= 4 is 23.4 Å². The molecule has 3 aromatic rings. The van der Waals surface area contributed by atoms with Gasteiger partial charge >= 0.3 is 12.3 Å². The molecule has 2 aliphatic carbocycles. The molecule has 2 heterocycles. The maximum Gasteiger partial charge on any atom is 0.416 e. The molecule has 0 bridgehead atoms. The standard InChI is InChI=1S/C36H45F3N6O3/c1-8-40-25-14-24(35(17-22(2)18-35)31-42-41-21-43(31)7)15-26(16-25)44-20-28-27(30(44)46)12-23(13-29(28)36(37,38)39)19-45(33(3,4)5)32(47)48-34(6)10-9-11-34/h12-16,21-22,40H,8-11,17-20H2,1-7H3. The lowest BCUT2D eigenvalue weighted by atomic mass is 9.58. The van der Waals surface area contributed by atoms with E-state index in [4.69, 9.17) is 4.74 Å². The highest BCUT2D eigenvalue weighted by atomic mass is 19.4. The summed E-state index contributed by atoms with van der Waals surface area (Å²) in [4.78, 5) is 30.4. The predicted octanol–water partition coefficient (Wildman–Crippen LogP) is 7.82. The SMILES string of the molecule is CCNc1cc(N2Cc3c(cc(CN(C(=O)OC4(C)CCC4)C(C)(C)C)cc3C(F)(F)F)C2=O)cc(C2(c3nncn3C)CC(C)C2)c1. The van der Waals surface area contributed by atoms with Crippen LogP contribution in [0.3, 0.4) is 0 Å². The Balaban J connectivity index is 1.38. The maximum absolute atomic E-state index is 14.7. The van der Waals surface area contributed by atoms with Crippen LogP contribution < -0.4 is 10.2 Å². The Morgan fingerprint density at radius 1 is 1.12 bits per heavy atom. The van der Waals surface area contributed by atoms with Crippen LogP contribution in [0.1, 0.15) is 112 Å². The average molecular weight is 667 g/mol. The zero-order valence-corrected chi connectivity index (χ0v) is 28.8. The molecular formula is C36H45F3N6O3. The topological polar surface area (TPSA) is 92.6 Å². The van der Waals surface area contributed by atoms with Gasteiger partial charge in [0.1, 0.15) is 17.8 Å². The lowest BCUT2D eigenvalue weighted by Crippen LogP contribution is -2.49. The molecule has 12 heteroatoms. The summed E-state index contributed by atoms with van der Waals surface area (Å²) in [5.41, 5.74) is -0.278. The molecule has 2 amide bonds. The Kier molecular flexibility index (Phi) is 8.31. The number of carbonyl (C=O) groups excluding carboxylic acids is 2. The molecule has 2 saturated carbocycles. The first-order valence-electron chi connectivity index (χ1n) is 16.7. The summed E-state index contributed by atoms with van der Waals surface area (Å²) >= 11 is 0. The number of nitrogens with one attached hydrogen (secondary N) is 1. The number of alkyl halides is 3. The van der Waals surface area contributed by atoms with E-state index in [1.807, 2.05) is 64.4 Å². The van der Waals surface area contributed by atoms with Gasteiger partial charge in [-0.15, -0.1) is 10.2 Å². The number of fused-ring (bicyclic) bond motifs is 1. The smallest absolute Gasteiger partial charge is 0.416 e. The van der Waals surface area contributed by atoms with E-state index in [1.54, 1.807) is 6.33 Å². The van der Waals surface area contributed by atoms with Gasteiger partial charge < -0.3 is 19.5 Å². The van der Waals surface area contributed by atoms with Gasteiger partial charge in [0.15, 0.2) is 0 Å². The lowest BCUT2D eigenvalue weighted by molar-refractivity contribution is -0.138. The number of anilines is 2. The monoisotopic (exact) mass is 666 g/mol. The van der Waals surface area contributed by atoms with Crippen molar-refractivity contribution < 1.29 is 27.5 Å². The summed E-state index contributed by atoms with van der Waals surface area (Å²) in [5.74, 6) is 0.742. The number of hydrogen-bond donors (Lipinski definition) is 1. The predicted molar refractivity (Wildman–Crippen MR) is 177 cm³/mol. The number of benzene rings is 2. The molecule has 1 aliphatic heterocycles. The van der Waals surface area contributed by atoms with Gasteiger partial charge in [-0.05, 0) is 120 Å². The molecule has 48 heavy (non-hydrogen) atoms. The molecular weight excluding hydrogens is 621 g/mol. The molecule has 0 atom stereocenters. The average Bonchev–Trinajstić information content (AvgIpc) is 3.54. The van der Waals surface area contributed by atoms with Crippen LogP contribution in [0.4, 0.5) is 29.3 Å². The molecule has 0 unspecified atom stereocenters. The van der Waals surface area contributed by atoms with Crippen molar-refractivity contribution in [1.29, 1.82) is 0 Å². The number of carbonyl (C=O) groups is 2. The molecule has 3 aliphatic rings. The Bertz CT molecular complexity index is 1730. The number of amides is 2. The Morgan fingerprint density at radius 2 is 1.83 bits per heavy atom. The van der Waals surface area contributed by atoms with Gasteiger partial charge in [0.05, 0.1) is 17.5 Å². The summed E-state index contributed by atoms with van der Waals surface area (Å²) in [6, 6.07) is 8.36. The zero-order valence-electron chi connectivity index (χ0n) is 28.8. The summed E-state index contributed by atoms with van der Waals surface area (Å²) in [6.45, 7) is 11.7. The lowest BCUT2D eigenvalue weighted by Gasteiger charge is -2.46. The molecule has 9 nitrogen and oxygen atoms in total. The van der Waals surface area contributed by atoms with Gasteiger partial charge in [-0.25, -0.2) is 4.79 Å². The van der Waals surface area contributed by atoms with Crippen LogP contribution in [0, 0.1) is 5.92 Å². The van der Waals surface area contributed by atoms with Crippen molar-refractivity contribution in [2.24, 2.45) is 13.0 Å². The largest absolute Gasteiger partial charge is 0.443 e. The number of aromatic nitrogens is 3. The van der Waals surface area contributed by atoms with E-state index in [0.717, 1.165) is 55.2 Å². The van der Waals surface area contributed by atoms with Gasteiger partial charge in [0, 0.05) is 42.6 Å². The zero-order chi connectivity index (χ0) is 34.8. The van der Waals surface area contributed by atoms with Crippen LogP contribution in [0.5, 0.6) is 0 Å². The van der Waals surface area contributed by atoms with Crippen molar-refractivity contribution in [3.05, 3.63) is 70.3 Å². The second kappa shape index (κ2) is 11.8. The fraction of sp³-hybridized carbons (Fsp3) is 0.556. The highest BCUT2D eigenvalue weighted by Gasteiger charge is 2.49. The van der Waals surface area contributed by atoms with Crippen molar-refractivity contribution in [3.63, 3.8) is 0 Å². The summed E-state index contributed by atoms with van der Waals surface area (Å²) < 4.78 is 51.8. The van der Waals surface area contributed by atoms with E-state index in [0.29, 0.717) is 18.2 Å². The van der Waals surface area contributed by atoms with E-state index in [1.165, 1.54) is 15.9 Å². The van der Waals surface area contributed by atoms with Crippen LogP contribution in [-0.2, 0) is 36.5 Å². The molecule has 6 rings (SSSR count). The van der Waals surface area contributed by atoms with Gasteiger partial charge in [0.25, 0.3) is 5.91 Å². The van der Waals surface area contributed by atoms with Crippen molar-refractivity contribution in [3.8, 4) is 0 Å². The number of aryl methyl sites for hydroxylation is 1. The fourth-order valence-electron chi connectivity index (χ4n) is 7.57. The van der Waals surface area contributed by atoms with E-state index >= 15 is 0 Å². The first-order valence-corrected chi connectivity index (χ1v) is 16.7. The molecule has 2 aromatic carbocycles. The number of hydrogen-bond acceptors (Lipinski definition) is 6. The van der Waals surface area contributed by atoms with Crippen LogP contribution >= 0.6 is 0 Å². The van der Waals surface area contributed by atoms with Crippen molar-refractivity contribution in [2.75, 3.05) is 16.8 Å². The van der Waals surface area contributed by atoms with E-state index in [-0.39, 0.29) is 29.8 Å². The maximum atomic E-state index is 14.7. The number of rotatable bonds is 8. The van der Waals surface area contributed by atoms with Gasteiger partial charge in [-0.3, -0.25) is 9.69 Å². The van der Waals surface area contributed by atoms with Gasteiger partial charge in [-0.2, -0.15) is 13.2 Å². The van der Waals surface area contributed by atoms with Gasteiger partial charge in [-0.1, -0.05) is 6.92 Å². The van der Waals surface area contributed by atoms with Crippen molar-refractivity contribution in [2.45, 2.75) is 109 Å². The van der Waals surface area contributed by atoms with Gasteiger partial charge in [0.2, 0.25) is 0 Å². The Labute approximate surface area is 279 Å². The highest BCUT2D eigenvalue weighted by molar-refractivity contribution is 6.10. The number of halogens is 3. The van der Waals surface area contributed by atoms with E-state index in [2.05, 4.69) is 22.4 Å². The van der Waals surface area contributed by atoms with Crippen LogP contribution in [0.15, 0.2) is 36.7 Å². The minimum Gasteiger partial charge on any atom is -0.443 e. The van der Waals surface area contributed by atoms with Crippen molar-refractivity contribution in [1.82, 2.24) is 19.7 Å². The molecule has 258 valence electrons. The third-order valence-electron chi connectivity index (χ3n) is 10.2. The second-order valence-electron chi connectivity index (χ2n) is 15.1.